The van der Waals surface area contributed by atoms with Gasteiger partial charge in [-0.25, -0.2) is 0 Å². The van der Waals surface area contributed by atoms with Crippen LogP contribution < -0.4 is 4.74 Å². The van der Waals surface area contributed by atoms with Crippen LogP contribution in [0.2, 0.25) is 25.7 Å². The normalized spacial score (nSPS) is 21.0. The van der Waals surface area contributed by atoms with Crippen molar-refractivity contribution in [1.29, 1.82) is 0 Å². The lowest BCUT2D eigenvalue weighted by molar-refractivity contribution is -0.318. The van der Waals surface area contributed by atoms with Gasteiger partial charge in [0.05, 0.1) is 26.4 Å². The monoisotopic (exact) mass is 686 g/mol. The van der Waals surface area contributed by atoms with Crippen LogP contribution in [0.5, 0.6) is 5.75 Å². The fourth-order valence-corrected chi connectivity index (χ4v) is 6.19. The summed E-state index contributed by atoms with van der Waals surface area (Å²) in [4.78, 5) is 0. The number of rotatable bonds is 16. The minimum Gasteiger partial charge on any atom is -0.447 e. The predicted octanol–water partition coefficient (Wildman–Crippen LogP) is 8.20. The van der Waals surface area contributed by atoms with Crippen molar-refractivity contribution >= 4 is 25.5 Å². The van der Waals surface area contributed by atoms with Crippen LogP contribution in [0.1, 0.15) is 16.7 Å². The zero-order chi connectivity index (χ0) is 33.6. The maximum atomic E-state index is 6.73. The SMILES string of the molecule is C[Si](C)(C)CCO[C@@H]1O[C@H](COCc2ccccc2)[C@@H](OC(=S)Oc2ccccc2)[C@H](OCc2ccccc2)[C@H]1OCc1ccccc1. The lowest BCUT2D eigenvalue weighted by Gasteiger charge is -2.45. The predicted molar refractivity (Wildman–Crippen MR) is 193 cm³/mol. The topological polar surface area (TPSA) is 64.6 Å². The molecular formula is C39H46O7SSi. The lowest BCUT2D eigenvalue weighted by atomic mass is 9.98. The van der Waals surface area contributed by atoms with Gasteiger partial charge >= 0.3 is 5.24 Å². The zero-order valence-corrected chi connectivity index (χ0v) is 29.8. The van der Waals surface area contributed by atoms with E-state index in [0.29, 0.717) is 32.2 Å². The summed E-state index contributed by atoms with van der Waals surface area (Å²) in [5.74, 6) is 0.572. The lowest BCUT2D eigenvalue weighted by Crippen LogP contribution is -2.62. The van der Waals surface area contributed by atoms with Gasteiger partial charge in [0.1, 0.15) is 24.1 Å². The Balaban J connectivity index is 1.44. The highest BCUT2D eigenvalue weighted by atomic mass is 32.1. The van der Waals surface area contributed by atoms with Gasteiger partial charge in [-0.3, -0.25) is 0 Å². The molecule has 1 saturated heterocycles. The minimum atomic E-state index is -1.39. The Morgan fingerprint density at radius 2 is 1.12 bits per heavy atom. The molecule has 0 spiro atoms. The van der Waals surface area contributed by atoms with Gasteiger partial charge in [0.25, 0.3) is 0 Å². The summed E-state index contributed by atoms with van der Waals surface area (Å²) < 4.78 is 45.2. The van der Waals surface area contributed by atoms with Crippen molar-refractivity contribution in [3.8, 4) is 5.75 Å². The zero-order valence-electron chi connectivity index (χ0n) is 27.9. The summed E-state index contributed by atoms with van der Waals surface area (Å²) in [5, 5.41) is -0.0453. The molecule has 1 heterocycles. The molecule has 4 aromatic carbocycles. The Morgan fingerprint density at radius 3 is 1.67 bits per heavy atom. The van der Waals surface area contributed by atoms with E-state index in [4.69, 9.17) is 45.4 Å². The molecule has 0 N–H and O–H groups in total. The molecule has 1 aliphatic rings. The van der Waals surface area contributed by atoms with Gasteiger partial charge in [0, 0.05) is 26.9 Å². The molecule has 0 aliphatic carbocycles. The van der Waals surface area contributed by atoms with E-state index in [1.165, 1.54) is 0 Å². The molecule has 9 heteroatoms. The van der Waals surface area contributed by atoms with Crippen LogP contribution in [-0.2, 0) is 48.2 Å². The van der Waals surface area contributed by atoms with Crippen molar-refractivity contribution in [1.82, 2.24) is 0 Å². The van der Waals surface area contributed by atoms with E-state index in [0.717, 1.165) is 22.7 Å². The molecule has 0 radical (unpaired) electrons. The average Bonchev–Trinajstić information content (AvgIpc) is 3.09. The fraction of sp³-hybridized carbons (Fsp3) is 0.359. The molecule has 5 rings (SSSR count). The van der Waals surface area contributed by atoms with E-state index in [2.05, 4.69) is 19.6 Å². The van der Waals surface area contributed by atoms with E-state index in [1.54, 1.807) is 0 Å². The van der Waals surface area contributed by atoms with E-state index in [-0.39, 0.29) is 11.8 Å². The molecule has 0 unspecified atom stereocenters. The summed E-state index contributed by atoms with van der Waals surface area (Å²) >= 11 is 5.65. The number of hydrogen-bond donors (Lipinski definition) is 0. The number of para-hydroxylation sites is 1. The maximum Gasteiger partial charge on any atom is 0.358 e. The number of thiocarbonyl (C=S) groups is 1. The molecule has 0 bridgehead atoms. The van der Waals surface area contributed by atoms with Crippen molar-refractivity contribution in [3.63, 3.8) is 0 Å². The van der Waals surface area contributed by atoms with E-state index < -0.39 is 38.8 Å². The quantitative estimate of drug-likeness (QED) is 0.0864. The Hall–Kier alpha value is -3.41. The molecule has 48 heavy (non-hydrogen) atoms. The van der Waals surface area contributed by atoms with Gasteiger partial charge in [-0.2, -0.15) is 0 Å². The molecule has 7 nitrogen and oxygen atoms in total. The number of ether oxygens (including phenoxy) is 7. The summed E-state index contributed by atoms with van der Waals surface area (Å²) in [6.45, 7) is 8.78. The second-order valence-electron chi connectivity index (χ2n) is 13.0. The van der Waals surface area contributed by atoms with Gasteiger partial charge < -0.3 is 33.2 Å². The van der Waals surface area contributed by atoms with Crippen LogP contribution in [0.4, 0.5) is 0 Å². The summed E-state index contributed by atoms with van der Waals surface area (Å²) in [7, 11) is -1.39. The third-order valence-corrected chi connectivity index (χ3v) is 9.75. The largest absolute Gasteiger partial charge is 0.447 e. The van der Waals surface area contributed by atoms with Crippen molar-refractivity contribution in [3.05, 3.63) is 138 Å². The first-order chi connectivity index (χ1) is 23.3. The fourth-order valence-electron chi connectivity index (χ4n) is 5.26. The first kappa shape index (κ1) is 35.9. The highest BCUT2D eigenvalue weighted by Gasteiger charge is 2.50. The Kier molecular flexibility index (Phi) is 13.7. The van der Waals surface area contributed by atoms with E-state index in [1.807, 2.05) is 121 Å². The van der Waals surface area contributed by atoms with Crippen LogP contribution in [0.25, 0.3) is 0 Å². The molecule has 254 valence electrons. The van der Waals surface area contributed by atoms with Crippen LogP contribution in [0.15, 0.2) is 121 Å². The summed E-state index contributed by atoms with van der Waals surface area (Å²) in [6.07, 6.45) is -3.38. The van der Waals surface area contributed by atoms with Crippen LogP contribution in [0.3, 0.4) is 0 Å². The van der Waals surface area contributed by atoms with Crippen LogP contribution >= 0.6 is 12.2 Å². The Bertz CT molecular complexity index is 1490. The van der Waals surface area contributed by atoms with Crippen molar-refractivity contribution in [2.75, 3.05) is 13.2 Å². The molecule has 0 aromatic heterocycles. The smallest absolute Gasteiger partial charge is 0.358 e. The van der Waals surface area contributed by atoms with Gasteiger partial charge in [0.2, 0.25) is 0 Å². The molecule has 5 atom stereocenters. The Labute approximate surface area is 291 Å². The first-order valence-electron chi connectivity index (χ1n) is 16.5. The van der Waals surface area contributed by atoms with Crippen molar-refractivity contribution in [2.45, 2.75) is 76.2 Å². The highest BCUT2D eigenvalue weighted by Crippen LogP contribution is 2.32. The standard InChI is InChI=1S/C39H46O7SSi/c1-48(2,3)25-24-41-38-37(43-28-32-20-12-6-13-21-32)36(42-27-31-18-10-5-11-19-31)35(46-39(47)44-33-22-14-7-15-23-33)34(45-38)29-40-26-30-16-8-4-9-17-30/h4-23,34-38H,24-29H2,1-3H3/t34-,35-,36+,37-,38-/m1/s1. The van der Waals surface area contributed by atoms with Crippen molar-refractivity contribution < 1.29 is 33.2 Å². The summed E-state index contributed by atoms with van der Waals surface area (Å²) in [6, 6.07) is 40.4. The second kappa shape index (κ2) is 18.4. The molecular weight excluding hydrogens is 641 g/mol. The molecule has 4 aromatic rings. The van der Waals surface area contributed by atoms with Gasteiger partial charge in [-0.1, -0.05) is 129 Å². The average molecular weight is 687 g/mol. The number of hydrogen-bond acceptors (Lipinski definition) is 8. The van der Waals surface area contributed by atoms with E-state index in [9.17, 15) is 0 Å². The minimum absolute atomic E-state index is 0.0453. The molecule has 1 aliphatic heterocycles. The summed E-state index contributed by atoms with van der Waals surface area (Å²) in [5.41, 5.74) is 3.09. The third-order valence-electron chi connectivity index (χ3n) is 7.87. The number of benzene rings is 4. The molecule has 0 saturated carbocycles. The van der Waals surface area contributed by atoms with Crippen LogP contribution in [0, 0.1) is 0 Å². The van der Waals surface area contributed by atoms with Crippen LogP contribution in [-0.4, -0.2) is 57.2 Å². The van der Waals surface area contributed by atoms with Gasteiger partial charge in [0.15, 0.2) is 12.4 Å². The van der Waals surface area contributed by atoms with Crippen molar-refractivity contribution in [2.24, 2.45) is 0 Å². The third kappa shape index (κ3) is 11.6. The van der Waals surface area contributed by atoms with Gasteiger partial charge in [-0.15, -0.1) is 0 Å². The second-order valence-corrected chi connectivity index (χ2v) is 18.9. The maximum absolute atomic E-state index is 6.73. The highest BCUT2D eigenvalue weighted by molar-refractivity contribution is 7.79. The van der Waals surface area contributed by atoms with E-state index >= 15 is 0 Å². The Morgan fingerprint density at radius 1 is 0.625 bits per heavy atom. The first-order valence-corrected chi connectivity index (χ1v) is 20.6. The molecule has 0 amide bonds. The molecule has 1 fully saturated rings. The van der Waals surface area contributed by atoms with Gasteiger partial charge in [-0.05, 0) is 34.9 Å².